The summed E-state index contributed by atoms with van der Waals surface area (Å²) in [6, 6.07) is 8.99. The summed E-state index contributed by atoms with van der Waals surface area (Å²) >= 11 is 0. The Hall–Kier alpha value is -2.89. The van der Waals surface area contributed by atoms with Gasteiger partial charge in [-0.1, -0.05) is 0 Å². The number of nitrogens with zero attached hydrogens (tertiary/aromatic N) is 2. The summed E-state index contributed by atoms with van der Waals surface area (Å²) in [6.45, 7) is 0. The number of nitrogens with two attached hydrogens (primary N) is 1. The third kappa shape index (κ3) is 2.11. The summed E-state index contributed by atoms with van der Waals surface area (Å²) in [5.74, 6) is -0.0714. The van der Waals surface area contributed by atoms with E-state index in [1.807, 2.05) is 18.2 Å². The van der Waals surface area contributed by atoms with Gasteiger partial charge in [0.15, 0.2) is 0 Å². The number of aromatic amines is 1. The zero-order valence-electron chi connectivity index (χ0n) is 9.92. The Morgan fingerprint density at radius 3 is 3.05 bits per heavy atom. The number of carbonyl (C=O) groups is 1. The van der Waals surface area contributed by atoms with E-state index in [1.54, 1.807) is 24.5 Å². The molecule has 1 aromatic carbocycles. The van der Waals surface area contributed by atoms with Crippen molar-refractivity contribution in [2.75, 3.05) is 5.32 Å². The summed E-state index contributed by atoms with van der Waals surface area (Å²) in [6.07, 6.45) is 3.33. The maximum absolute atomic E-state index is 11.3. The molecule has 0 saturated heterocycles. The molecule has 6 heteroatoms. The molecule has 0 aliphatic heterocycles. The minimum atomic E-state index is -0.514. The number of benzene rings is 1. The highest BCUT2D eigenvalue weighted by Crippen LogP contribution is 2.21. The lowest BCUT2D eigenvalue weighted by Crippen LogP contribution is -2.14. The van der Waals surface area contributed by atoms with Crippen molar-refractivity contribution in [3.63, 3.8) is 0 Å². The third-order valence-electron chi connectivity index (χ3n) is 2.78. The lowest BCUT2D eigenvalue weighted by Gasteiger charge is -2.08. The highest BCUT2D eigenvalue weighted by Gasteiger charge is 2.09. The van der Waals surface area contributed by atoms with E-state index in [2.05, 4.69) is 20.5 Å². The Labute approximate surface area is 108 Å². The Morgan fingerprint density at radius 1 is 1.32 bits per heavy atom. The average molecular weight is 253 g/mol. The number of hydrogen-bond donors (Lipinski definition) is 3. The monoisotopic (exact) mass is 253 g/mol. The second-order valence-electron chi connectivity index (χ2n) is 4.06. The van der Waals surface area contributed by atoms with E-state index in [0.29, 0.717) is 11.4 Å². The molecule has 0 radical (unpaired) electrons. The van der Waals surface area contributed by atoms with Crippen molar-refractivity contribution in [1.82, 2.24) is 15.2 Å². The highest BCUT2D eigenvalue weighted by atomic mass is 16.1. The van der Waals surface area contributed by atoms with Crippen LogP contribution < -0.4 is 11.1 Å². The number of nitrogens with one attached hydrogen (secondary N) is 2. The van der Waals surface area contributed by atoms with E-state index in [9.17, 15) is 4.79 Å². The molecule has 0 fully saturated rings. The van der Waals surface area contributed by atoms with E-state index >= 15 is 0 Å². The number of amides is 1. The zero-order chi connectivity index (χ0) is 13.2. The van der Waals surface area contributed by atoms with E-state index in [1.165, 1.54) is 0 Å². The molecule has 3 rings (SSSR count). The first-order valence-electron chi connectivity index (χ1n) is 5.69. The molecule has 3 aromatic rings. The van der Waals surface area contributed by atoms with Gasteiger partial charge < -0.3 is 11.1 Å². The molecule has 1 amide bonds. The van der Waals surface area contributed by atoms with Crippen LogP contribution in [-0.2, 0) is 0 Å². The standard InChI is InChI=1S/C13H11N5O/c14-12(19)10-2-1-5-15-13(10)17-9-3-4-11-8(6-9)7-16-18-11/h1-7H,(H2,14,19)(H,15,17)(H,16,18). The molecule has 19 heavy (non-hydrogen) atoms. The minimum absolute atomic E-state index is 0.356. The van der Waals surface area contributed by atoms with Crippen LogP contribution in [0, 0.1) is 0 Å². The fraction of sp³-hybridized carbons (Fsp3) is 0. The number of aromatic nitrogens is 3. The van der Waals surface area contributed by atoms with E-state index in [4.69, 9.17) is 5.73 Å². The van der Waals surface area contributed by atoms with E-state index in [-0.39, 0.29) is 0 Å². The molecule has 6 nitrogen and oxygen atoms in total. The topological polar surface area (TPSA) is 96.7 Å². The number of pyridine rings is 1. The van der Waals surface area contributed by atoms with Crippen LogP contribution in [0.2, 0.25) is 0 Å². The van der Waals surface area contributed by atoms with Crippen LogP contribution in [0.4, 0.5) is 11.5 Å². The molecule has 0 atom stereocenters. The molecule has 0 unspecified atom stereocenters. The summed E-state index contributed by atoms with van der Waals surface area (Å²) in [4.78, 5) is 15.4. The van der Waals surface area contributed by atoms with Crippen molar-refractivity contribution >= 4 is 28.3 Å². The largest absolute Gasteiger partial charge is 0.365 e. The Balaban J connectivity index is 1.98. The van der Waals surface area contributed by atoms with Gasteiger partial charge in [-0.25, -0.2) is 4.98 Å². The number of hydrogen-bond acceptors (Lipinski definition) is 4. The van der Waals surface area contributed by atoms with Gasteiger partial charge in [0.25, 0.3) is 5.91 Å². The summed E-state index contributed by atoms with van der Waals surface area (Å²) < 4.78 is 0. The molecule has 0 aliphatic rings. The quantitative estimate of drug-likeness (QED) is 0.663. The molecular formula is C13H11N5O. The predicted molar refractivity (Wildman–Crippen MR) is 72.1 cm³/mol. The molecule has 4 N–H and O–H groups in total. The van der Waals surface area contributed by atoms with Gasteiger partial charge in [0.05, 0.1) is 17.3 Å². The first-order valence-corrected chi connectivity index (χ1v) is 5.69. The van der Waals surface area contributed by atoms with Crippen LogP contribution in [-0.4, -0.2) is 21.1 Å². The van der Waals surface area contributed by atoms with Crippen LogP contribution in [0.25, 0.3) is 10.9 Å². The fourth-order valence-electron chi connectivity index (χ4n) is 1.86. The van der Waals surface area contributed by atoms with Gasteiger partial charge in [0.2, 0.25) is 0 Å². The van der Waals surface area contributed by atoms with E-state index in [0.717, 1.165) is 16.6 Å². The summed E-state index contributed by atoms with van der Waals surface area (Å²) in [5.41, 5.74) is 7.43. The van der Waals surface area contributed by atoms with Crippen molar-refractivity contribution in [2.24, 2.45) is 5.73 Å². The SMILES string of the molecule is NC(=O)c1cccnc1Nc1ccc2[nH]ncc2c1. The van der Waals surface area contributed by atoms with Gasteiger partial charge in [-0.2, -0.15) is 5.10 Å². The van der Waals surface area contributed by atoms with Gasteiger partial charge in [0.1, 0.15) is 5.82 Å². The van der Waals surface area contributed by atoms with Crippen LogP contribution in [0.5, 0.6) is 0 Å². The van der Waals surface area contributed by atoms with Gasteiger partial charge in [-0.05, 0) is 30.3 Å². The van der Waals surface area contributed by atoms with Gasteiger partial charge in [-0.15, -0.1) is 0 Å². The lowest BCUT2D eigenvalue weighted by molar-refractivity contribution is 0.100. The van der Waals surface area contributed by atoms with Crippen molar-refractivity contribution in [3.8, 4) is 0 Å². The van der Waals surface area contributed by atoms with Crippen LogP contribution in [0.3, 0.4) is 0 Å². The van der Waals surface area contributed by atoms with Crippen LogP contribution >= 0.6 is 0 Å². The fourth-order valence-corrected chi connectivity index (χ4v) is 1.86. The van der Waals surface area contributed by atoms with Gasteiger partial charge in [0, 0.05) is 17.3 Å². The first kappa shape index (κ1) is 11.2. The number of H-pyrrole nitrogens is 1. The number of primary amides is 1. The molecule has 94 valence electrons. The Bertz CT molecular complexity index is 749. The molecule has 2 aromatic heterocycles. The smallest absolute Gasteiger partial charge is 0.252 e. The Morgan fingerprint density at radius 2 is 2.21 bits per heavy atom. The highest BCUT2D eigenvalue weighted by molar-refractivity contribution is 5.98. The molecule has 0 spiro atoms. The number of fused-ring (bicyclic) bond motifs is 1. The summed E-state index contributed by atoms with van der Waals surface area (Å²) in [7, 11) is 0. The summed E-state index contributed by atoms with van der Waals surface area (Å²) in [5, 5.41) is 10.9. The van der Waals surface area contributed by atoms with Crippen molar-refractivity contribution in [3.05, 3.63) is 48.3 Å². The van der Waals surface area contributed by atoms with Crippen LogP contribution in [0.15, 0.2) is 42.7 Å². The normalized spacial score (nSPS) is 10.5. The van der Waals surface area contributed by atoms with Gasteiger partial charge >= 0.3 is 0 Å². The number of carbonyl (C=O) groups excluding carboxylic acids is 1. The second kappa shape index (κ2) is 4.41. The average Bonchev–Trinajstić information content (AvgIpc) is 2.86. The molecule has 0 aliphatic carbocycles. The maximum Gasteiger partial charge on any atom is 0.252 e. The van der Waals surface area contributed by atoms with Crippen molar-refractivity contribution in [2.45, 2.75) is 0 Å². The number of rotatable bonds is 3. The molecule has 2 heterocycles. The molecule has 0 saturated carbocycles. The number of anilines is 2. The minimum Gasteiger partial charge on any atom is -0.365 e. The molecular weight excluding hydrogens is 242 g/mol. The maximum atomic E-state index is 11.3. The third-order valence-corrected chi connectivity index (χ3v) is 2.78. The molecule has 0 bridgehead atoms. The first-order chi connectivity index (χ1) is 9.24. The second-order valence-corrected chi connectivity index (χ2v) is 4.06. The van der Waals surface area contributed by atoms with Crippen LogP contribution in [0.1, 0.15) is 10.4 Å². The van der Waals surface area contributed by atoms with E-state index < -0.39 is 5.91 Å². The Kier molecular flexibility index (Phi) is 2.60. The zero-order valence-corrected chi connectivity index (χ0v) is 9.92. The van der Waals surface area contributed by atoms with Crippen molar-refractivity contribution < 1.29 is 4.79 Å². The predicted octanol–water partition coefficient (Wildman–Crippen LogP) is 1.80. The van der Waals surface area contributed by atoms with Crippen molar-refractivity contribution in [1.29, 1.82) is 0 Å². The van der Waals surface area contributed by atoms with Gasteiger partial charge in [-0.3, -0.25) is 9.89 Å². The lowest BCUT2D eigenvalue weighted by atomic mass is 10.2.